The summed E-state index contributed by atoms with van der Waals surface area (Å²) in [6.45, 7) is 9.13. The molecule has 3 rings (SSSR count). The topological polar surface area (TPSA) is 87.2 Å². The number of carbonyl (C=O) groups excluding carboxylic acids is 1. The molecular weight excluding hydrogens is 366 g/mol. The molecule has 1 heterocycles. The predicted octanol–water partition coefficient (Wildman–Crippen LogP) is 2.89. The number of amides is 1. The van der Waals surface area contributed by atoms with Crippen molar-refractivity contribution in [3.05, 3.63) is 59.7 Å². The van der Waals surface area contributed by atoms with E-state index in [2.05, 4.69) is 38.3 Å². The van der Waals surface area contributed by atoms with Gasteiger partial charge in [-0.3, -0.25) is 4.79 Å². The Labute approximate surface area is 172 Å². The van der Waals surface area contributed by atoms with Crippen molar-refractivity contribution in [1.82, 2.24) is 10.6 Å². The maximum atomic E-state index is 12.7. The van der Waals surface area contributed by atoms with E-state index < -0.39 is 0 Å². The van der Waals surface area contributed by atoms with E-state index in [4.69, 9.17) is 9.94 Å². The van der Waals surface area contributed by atoms with E-state index in [0.29, 0.717) is 17.9 Å². The third-order valence-electron chi connectivity index (χ3n) is 5.18. The second kappa shape index (κ2) is 8.53. The van der Waals surface area contributed by atoms with E-state index in [9.17, 15) is 4.79 Å². The monoisotopic (exact) mass is 398 g/mol. The van der Waals surface area contributed by atoms with Crippen molar-refractivity contribution in [3.8, 4) is 5.75 Å². The molecule has 1 fully saturated rings. The van der Waals surface area contributed by atoms with Crippen LogP contribution in [0.5, 0.6) is 5.75 Å². The highest BCUT2D eigenvalue weighted by molar-refractivity contribution is 5.94. The SMILES string of the molecule is CC1(C)CC(NC(=O)c2ccc(OCc3ccc([NH2+]O)cc3)cc2)CC(C)(C)N1. The smallest absolute Gasteiger partial charge is 0.251 e. The van der Waals surface area contributed by atoms with Gasteiger partial charge in [0.2, 0.25) is 0 Å². The number of quaternary nitrogens is 1. The van der Waals surface area contributed by atoms with Crippen molar-refractivity contribution in [2.45, 2.75) is 64.3 Å². The molecule has 1 amide bonds. The first-order valence-corrected chi connectivity index (χ1v) is 10.1. The summed E-state index contributed by atoms with van der Waals surface area (Å²) < 4.78 is 5.79. The van der Waals surface area contributed by atoms with Gasteiger partial charge in [-0.15, -0.1) is 0 Å². The van der Waals surface area contributed by atoms with E-state index in [-0.39, 0.29) is 23.0 Å². The van der Waals surface area contributed by atoms with Crippen LogP contribution >= 0.6 is 0 Å². The summed E-state index contributed by atoms with van der Waals surface area (Å²) in [7, 11) is 0. The molecule has 2 aromatic rings. The summed E-state index contributed by atoms with van der Waals surface area (Å²) in [5.41, 5.74) is 3.45. The summed E-state index contributed by atoms with van der Waals surface area (Å²) in [6, 6.07) is 14.9. The second-order valence-electron chi connectivity index (χ2n) is 9.16. The minimum Gasteiger partial charge on any atom is -0.489 e. The van der Waals surface area contributed by atoms with Gasteiger partial charge in [0.25, 0.3) is 5.91 Å². The molecule has 2 aromatic carbocycles. The minimum absolute atomic E-state index is 0.00912. The zero-order valence-electron chi connectivity index (χ0n) is 17.7. The van der Waals surface area contributed by atoms with Gasteiger partial charge in [0.1, 0.15) is 12.4 Å². The van der Waals surface area contributed by atoms with E-state index in [1.54, 1.807) is 12.1 Å². The van der Waals surface area contributed by atoms with Crippen molar-refractivity contribution in [2.75, 3.05) is 0 Å². The number of ether oxygens (including phenoxy) is 1. The first kappa shape index (κ1) is 21.3. The molecule has 6 heteroatoms. The highest BCUT2D eigenvalue weighted by atomic mass is 16.5. The number of hydrogen-bond acceptors (Lipinski definition) is 4. The summed E-state index contributed by atoms with van der Waals surface area (Å²) >= 11 is 0. The summed E-state index contributed by atoms with van der Waals surface area (Å²) in [4.78, 5) is 12.7. The molecule has 1 aliphatic heterocycles. The predicted molar refractivity (Wildman–Crippen MR) is 112 cm³/mol. The van der Waals surface area contributed by atoms with Crippen molar-refractivity contribution in [1.29, 1.82) is 0 Å². The Kier molecular flexibility index (Phi) is 6.27. The van der Waals surface area contributed by atoms with Gasteiger partial charge in [-0.1, -0.05) is 0 Å². The number of nitrogens with two attached hydrogens (primary N) is 1. The van der Waals surface area contributed by atoms with Gasteiger partial charge in [0.05, 0.1) is 0 Å². The third kappa shape index (κ3) is 6.03. The maximum absolute atomic E-state index is 12.7. The van der Waals surface area contributed by atoms with Crippen LogP contribution in [-0.2, 0) is 6.61 Å². The minimum atomic E-state index is -0.0501. The Balaban J connectivity index is 1.55. The number of benzene rings is 2. The molecule has 5 N–H and O–H groups in total. The van der Waals surface area contributed by atoms with Crippen molar-refractivity contribution >= 4 is 11.6 Å². The van der Waals surface area contributed by atoms with Crippen LogP contribution in [0.3, 0.4) is 0 Å². The van der Waals surface area contributed by atoms with E-state index in [1.165, 1.54) is 0 Å². The lowest BCUT2D eigenvalue weighted by Gasteiger charge is -2.46. The first-order chi connectivity index (χ1) is 13.7. The number of rotatable bonds is 6. The zero-order valence-corrected chi connectivity index (χ0v) is 17.7. The number of nitrogens with one attached hydrogen (secondary N) is 2. The molecule has 0 saturated carbocycles. The van der Waals surface area contributed by atoms with Crippen LogP contribution in [0.25, 0.3) is 0 Å². The average Bonchev–Trinajstić information content (AvgIpc) is 2.64. The Morgan fingerprint density at radius 3 is 2.21 bits per heavy atom. The van der Waals surface area contributed by atoms with Crippen LogP contribution in [0.4, 0.5) is 5.69 Å². The van der Waals surface area contributed by atoms with Gasteiger partial charge < -0.3 is 15.4 Å². The highest BCUT2D eigenvalue weighted by Crippen LogP contribution is 2.28. The number of carbonyl (C=O) groups is 1. The Hall–Kier alpha value is -2.41. The van der Waals surface area contributed by atoms with Crippen LogP contribution < -0.4 is 20.9 Å². The van der Waals surface area contributed by atoms with Crippen molar-refractivity contribution in [3.63, 3.8) is 0 Å². The first-order valence-electron chi connectivity index (χ1n) is 10.1. The van der Waals surface area contributed by atoms with Gasteiger partial charge in [0.15, 0.2) is 5.69 Å². The lowest BCUT2D eigenvalue weighted by molar-refractivity contribution is -0.825. The van der Waals surface area contributed by atoms with E-state index in [1.807, 2.05) is 36.4 Å². The fourth-order valence-corrected chi connectivity index (χ4v) is 4.26. The van der Waals surface area contributed by atoms with Crippen LogP contribution in [-0.4, -0.2) is 28.2 Å². The van der Waals surface area contributed by atoms with Gasteiger partial charge in [-0.25, -0.2) is 5.21 Å². The zero-order chi connectivity index (χ0) is 21.1. The standard InChI is InChI=1S/C23H31N3O3/c1-22(2)13-19(14-23(3,4)26-22)24-21(27)17-7-11-20(12-8-17)29-15-16-5-9-18(25-28)10-6-16/h5-12,19,25-26,28H,13-15H2,1-4H3,(H,24,27)/p+1. The largest absolute Gasteiger partial charge is 0.489 e. The van der Waals surface area contributed by atoms with Gasteiger partial charge >= 0.3 is 0 Å². The lowest BCUT2D eigenvalue weighted by Crippen LogP contribution is -2.73. The molecule has 0 radical (unpaired) electrons. The molecule has 1 aliphatic rings. The Bertz CT molecular complexity index is 813. The highest BCUT2D eigenvalue weighted by Gasteiger charge is 2.38. The van der Waals surface area contributed by atoms with Gasteiger partial charge in [-0.2, -0.15) is 5.48 Å². The second-order valence-corrected chi connectivity index (χ2v) is 9.16. The van der Waals surface area contributed by atoms with E-state index >= 15 is 0 Å². The van der Waals surface area contributed by atoms with Crippen LogP contribution in [0.1, 0.15) is 56.5 Å². The summed E-state index contributed by atoms with van der Waals surface area (Å²) in [6.07, 6.45) is 1.80. The number of hydrogen-bond donors (Lipinski definition) is 4. The van der Waals surface area contributed by atoms with Crippen LogP contribution in [0, 0.1) is 0 Å². The molecule has 0 bridgehead atoms. The molecular formula is C23H32N3O3+. The Morgan fingerprint density at radius 2 is 1.66 bits per heavy atom. The molecule has 29 heavy (non-hydrogen) atoms. The van der Waals surface area contributed by atoms with Crippen molar-refractivity contribution in [2.24, 2.45) is 0 Å². The fraction of sp³-hybridized carbons (Fsp3) is 0.435. The average molecular weight is 399 g/mol. The van der Waals surface area contributed by atoms with Crippen molar-refractivity contribution < 1.29 is 20.2 Å². The molecule has 0 atom stereocenters. The molecule has 0 unspecified atom stereocenters. The van der Waals surface area contributed by atoms with Crippen LogP contribution in [0.2, 0.25) is 0 Å². The quantitative estimate of drug-likeness (QED) is 0.445. The summed E-state index contributed by atoms with van der Waals surface area (Å²) in [5.74, 6) is 0.661. The maximum Gasteiger partial charge on any atom is 0.251 e. The summed E-state index contributed by atoms with van der Waals surface area (Å²) in [5, 5.41) is 15.8. The lowest BCUT2D eigenvalue weighted by atomic mass is 9.79. The molecule has 1 saturated heterocycles. The third-order valence-corrected chi connectivity index (χ3v) is 5.18. The van der Waals surface area contributed by atoms with Gasteiger partial charge in [-0.05, 0) is 82.5 Å². The molecule has 0 spiro atoms. The normalized spacial score (nSPS) is 18.2. The molecule has 6 nitrogen and oxygen atoms in total. The van der Waals surface area contributed by atoms with E-state index in [0.717, 1.165) is 29.6 Å². The fourth-order valence-electron chi connectivity index (χ4n) is 4.26. The Morgan fingerprint density at radius 1 is 1.07 bits per heavy atom. The van der Waals surface area contributed by atoms with Gasteiger partial charge in [0, 0.05) is 34.8 Å². The molecule has 0 aliphatic carbocycles. The number of piperidine rings is 1. The molecule has 156 valence electrons. The van der Waals surface area contributed by atoms with Crippen LogP contribution in [0.15, 0.2) is 48.5 Å². The molecule has 0 aromatic heterocycles.